The monoisotopic (exact) mass is 268 g/mol. The lowest BCUT2D eigenvalue weighted by Gasteiger charge is -1.96. The van der Waals surface area contributed by atoms with E-state index in [1.165, 1.54) is 12.4 Å². The van der Waals surface area contributed by atoms with Crippen molar-refractivity contribution in [3.8, 4) is 0 Å². The standard InChI is InChI=1S/C6H5N5O.C3H7NO3/c7-6-10-4-3(5(12)11-6)8-1-2-9-4;4-2(1-5)3(6)7/h1-2H,(H3,7,9,10,11,12);2,5H,1,4H2,(H,6,7). The molecule has 1 atom stereocenters. The zero-order valence-electron chi connectivity index (χ0n) is 9.65. The van der Waals surface area contributed by atoms with Crippen molar-refractivity contribution in [3.63, 3.8) is 0 Å². The van der Waals surface area contributed by atoms with Crippen LogP contribution in [0.3, 0.4) is 0 Å². The first-order chi connectivity index (χ1) is 8.95. The summed E-state index contributed by atoms with van der Waals surface area (Å²) in [5, 5.41) is 15.9. The number of nitrogens with two attached hydrogens (primary N) is 2. The fourth-order valence-corrected chi connectivity index (χ4v) is 0.968. The second-order valence-corrected chi connectivity index (χ2v) is 3.31. The van der Waals surface area contributed by atoms with E-state index < -0.39 is 18.6 Å². The molecule has 0 saturated heterocycles. The van der Waals surface area contributed by atoms with Gasteiger partial charge in [0, 0.05) is 12.4 Å². The van der Waals surface area contributed by atoms with Gasteiger partial charge in [-0.3, -0.25) is 14.6 Å². The van der Waals surface area contributed by atoms with Crippen molar-refractivity contribution in [2.24, 2.45) is 5.73 Å². The smallest absolute Gasteiger partial charge is 0.322 e. The predicted octanol–water partition coefficient (Wildman–Crippen LogP) is -2.31. The Morgan fingerprint density at radius 1 is 1.42 bits per heavy atom. The summed E-state index contributed by atoms with van der Waals surface area (Å²) < 4.78 is 0. The predicted molar refractivity (Wildman–Crippen MR) is 65.1 cm³/mol. The normalized spacial score (nSPS) is 11.5. The number of H-pyrrole nitrogens is 1. The Kier molecular flexibility index (Phi) is 4.85. The Bertz CT molecular complexity index is 627. The number of aliphatic hydroxyl groups is 1. The van der Waals surface area contributed by atoms with Crippen LogP contribution < -0.4 is 17.0 Å². The zero-order chi connectivity index (χ0) is 14.4. The largest absolute Gasteiger partial charge is 0.480 e. The summed E-state index contributed by atoms with van der Waals surface area (Å²) in [6, 6.07) is -1.13. The van der Waals surface area contributed by atoms with E-state index >= 15 is 0 Å². The second kappa shape index (κ2) is 6.37. The van der Waals surface area contributed by atoms with Gasteiger partial charge in [0.05, 0.1) is 6.61 Å². The summed E-state index contributed by atoms with van der Waals surface area (Å²) in [6.07, 6.45) is 2.88. The molecule has 2 aromatic heterocycles. The van der Waals surface area contributed by atoms with Crippen LogP contribution in [0.15, 0.2) is 17.2 Å². The fourth-order valence-electron chi connectivity index (χ4n) is 0.968. The minimum atomic E-state index is -1.18. The minimum absolute atomic E-state index is 0.0491. The summed E-state index contributed by atoms with van der Waals surface area (Å²) >= 11 is 0. The SMILES string of the molecule is NC(CO)C(=O)O.Nc1nc2nccnc2c(=O)[nH]1. The number of rotatable bonds is 2. The molecule has 0 spiro atoms. The first-order valence-electron chi connectivity index (χ1n) is 5.01. The lowest BCUT2D eigenvalue weighted by Crippen LogP contribution is -2.33. The van der Waals surface area contributed by atoms with Gasteiger partial charge in [-0.05, 0) is 0 Å². The van der Waals surface area contributed by atoms with Crippen molar-refractivity contribution >= 4 is 23.1 Å². The van der Waals surface area contributed by atoms with E-state index in [0.717, 1.165) is 0 Å². The van der Waals surface area contributed by atoms with Crippen LogP contribution in [0.4, 0.5) is 5.95 Å². The average Bonchev–Trinajstić information content (AvgIpc) is 2.38. The molecule has 7 N–H and O–H groups in total. The number of hydrogen-bond donors (Lipinski definition) is 5. The van der Waals surface area contributed by atoms with Crippen LogP contribution in [0.1, 0.15) is 0 Å². The fraction of sp³-hybridized carbons (Fsp3) is 0.222. The Morgan fingerprint density at radius 2 is 2.05 bits per heavy atom. The molecule has 2 rings (SSSR count). The van der Waals surface area contributed by atoms with E-state index in [2.05, 4.69) is 19.9 Å². The van der Waals surface area contributed by atoms with Crippen molar-refractivity contribution in [1.29, 1.82) is 0 Å². The van der Waals surface area contributed by atoms with Crippen LogP contribution in [0.25, 0.3) is 11.2 Å². The highest BCUT2D eigenvalue weighted by molar-refractivity contribution is 5.73. The molecule has 1 unspecified atom stereocenters. The van der Waals surface area contributed by atoms with Crippen molar-refractivity contribution in [3.05, 3.63) is 22.7 Å². The molecule has 19 heavy (non-hydrogen) atoms. The van der Waals surface area contributed by atoms with Crippen molar-refractivity contribution < 1.29 is 15.0 Å². The van der Waals surface area contributed by atoms with Crippen LogP contribution in [-0.4, -0.2) is 48.8 Å². The quantitative estimate of drug-likeness (QED) is 0.399. The third kappa shape index (κ3) is 3.97. The first-order valence-corrected chi connectivity index (χ1v) is 5.01. The Hall–Kier alpha value is -2.59. The highest BCUT2D eigenvalue weighted by atomic mass is 16.4. The van der Waals surface area contributed by atoms with Gasteiger partial charge >= 0.3 is 5.97 Å². The third-order valence-electron chi connectivity index (χ3n) is 1.88. The Balaban J connectivity index is 0.000000224. The lowest BCUT2D eigenvalue weighted by atomic mass is 10.3. The zero-order valence-corrected chi connectivity index (χ0v) is 9.65. The molecule has 0 saturated carbocycles. The van der Waals surface area contributed by atoms with E-state index in [4.69, 9.17) is 21.7 Å². The van der Waals surface area contributed by atoms with Gasteiger partial charge in [0.25, 0.3) is 5.56 Å². The number of aromatic nitrogens is 4. The topological polar surface area (TPSA) is 181 Å². The van der Waals surface area contributed by atoms with Gasteiger partial charge in [-0.15, -0.1) is 0 Å². The van der Waals surface area contributed by atoms with Crippen LogP contribution in [0, 0.1) is 0 Å². The molecule has 0 fully saturated rings. The molecule has 0 amide bonds. The molecule has 2 aromatic rings. The summed E-state index contributed by atoms with van der Waals surface area (Å²) in [5.41, 5.74) is 10.2. The maximum absolute atomic E-state index is 11.1. The number of nitrogens with one attached hydrogen (secondary N) is 1. The number of hydrogen-bond acceptors (Lipinski definition) is 8. The van der Waals surface area contributed by atoms with Gasteiger partial charge in [-0.25, -0.2) is 9.97 Å². The average molecular weight is 268 g/mol. The molecule has 0 aliphatic carbocycles. The molecular weight excluding hydrogens is 256 g/mol. The summed E-state index contributed by atoms with van der Waals surface area (Å²) in [6.45, 7) is -0.505. The number of aliphatic hydroxyl groups excluding tert-OH is 1. The highest BCUT2D eigenvalue weighted by Gasteiger charge is 2.07. The van der Waals surface area contributed by atoms with E-state index in [9.17, 15) is 9.59 Å². The summed E-state index contributed by atoms with van der Waals surface area (Å²) in [5.74, 6) is -1.13. The molecule has 102 valence electrons. The molecule has 0 radical (unpaired) electrons. The van der Waals surface area contributed by atoms with Crippen LogP contribution in [0.2, 0.25) is 0 Å². The molecule has 10 heteroatoms. The van der Waals surface area contributed by atoms with E-state index in [1.807, 2.05) is 0 Å². The number of carbonyl (C=O) groups is 1. The minimum Gasteiger partial charge on any atom is -0.480 e. The maximum Gasteiger partial charge on any atom is 0.322 e. The van der Waals surface area contributed by atoms with Gasteiger partial charge in [-0.1, -0.05) is 0 Å². The molecule has 2 heterocycles. The number of anilines is 1. The number of nitrogens with zero attached hydrogens (tertiary/aromatic N) is 3. The van der Waals surface area contributed by atoms with Gasteiger partial charge < -0.3 is 21.7 Å². The molecule has 10 nitrogen and oxygen atoms in total. The molecule has 0 aromatic carbocycles. The van der Waals surface area contributed by atoms with Gasteiger partial charge in [0.2, 0.25) is 5.95 Å². The molecular formula is C9H12N6O4. The molecule has 0 aliphatic heterocycles. The van der Waals surface area contributed by atoms with E-state index in [-0.39, 0.29) is 22.7 Å². The Morgan fingerprint density at radius 3 is 2.58 bits per heavy atom. The number of carboxylic acid groups (broad SMARTS) is 1. The van der Waals surface area contributed by atoms with Crippen LogP contribution in [0.5, 0.6) is 0 Å². The first kappa shape index (κ1) is 14.5. The third-order valence-corrected chi connectivity index (χ3v) is 1.88. The van der Waals surface area contributed by atoms with Crippen molar-refractivity contribution in [2.75, 3.05) is 12.3 Å². The maximum atomic E-state index is 11.1. The Labute approximate surface area is 106 Å². The summed E-state index contributed by atoms with van der Waals surface area (Å²) in [4.78, 5) is 34.5. The van der Waals surface area contributed by atoms with E-state index in [1.54, 1.807) is 0 Å². The van der Waals surface area contributed by atoms with Gasteiger partial charge in [0.1, 0.15) is 6.04 Å². The number of carboxylic acids is 1. The van der Waals surface area contributed by atoms with E-state index in [0.29, 0.717) is 0 Å². The number of aromatic amines is 1. The number of nitrogen functional groups attached to an aromatic ring is 1. The number of fused-ring (bicyclic) bond motifs is 1. The van der Waals surface area contributed by atoms with Crippen LogP contribution in [-0.2, 0) is 4.79 Å². The summed E-state index contributed by atoms with van der Waals surface area (Å²) in [7, 11) is 0. The van der Waals surface area contributed by atoms with Crippen molar-refractivity contribution in [2.45, 2.75) is 6.04 Å². The van der Waals surface area contributed by atoms with Gasteiger partial charge in [-0.2, -0.15) is 4.98 Å². The molecule has 0 aliphatic rings. The lowest BCUT2D eigenvalue weighted by molar-refractivity contribution is -0.139. The highest BCUT2D eigenvalue weighted by Crippen LogP contribution is 1.97. The van der Waals surface area contributed by atoms with Crippen LogP contribution >= 0.6 is 0 Å². The number of aliphatic carboxylic acids is 1. The van der Waals surface area contributed by atoms with Gasteiger partial charge in [0.15, 0.2) is 11.2 Å². The second-order valence-electron chi connectivity index (χ2n) is 3.31. The molecule has 0 bridgehead atoms. The van der Waals surface area contributed by atoms with Crippen molar-refractivity contribution in [1.82, 2.24) is 19.9 Å².